The fourth-order valence-corrected chi connectivity index (χ4v) is 2.91. The van der Waals surface area contributed by atoms with Crippen LogP contribution in [0.2, 0.25) is 0 Å². The number of nitrogens with zero attached hydrogens (tertiary/aromatic N) is 1. The third-order valence-corrected chi connectivity index (χ3v) is 3.86. The molecule has 2 fully saturated rings. The minimum atomic E-state index is 0.0383. The van der Waals surface area contributed by atoms with Crippen molar-refractivity contribution in [1.82, 2.24) is 10.6 Å². The Balaban J connectivity index is 1.91. The summed E-state index contributed by atoms with van der Waals surface area (Å²) in [6, 6.07) is 8.39. The normalized spacial score (nSPS) is 21.1. The molecule has 2 heterocycles. The van der Waals surface area contributed by atoms with Gasteiger partial charge in [-0.05, 0) is 43.5 Å². The molecule has 0 radical (unpaired) electrons. The van der Waals surface area contributed by atoms with Gasteiger partial charge in [0.2, 0.25) is 0 Å². The lowest BCUT2D eigenvalue weighted by Crippen LogP contribution is -2.31. The third kappa shape index (κ3) is 2.08. The number of piperidine rings is 1. The first-order valence-corrected chi connectivity index (χ1v) is 6.71. The van der Waals surface area contributed by atoms with Gasteiger partial charge in [-0.1, -0.05) is 18.2 Å². The summed E-state index contributed by atoms with van der Waals surface area (Å²) in [7, 11) is 0. The number of nitrogens with one attached hydrogen (secondary N) is 2. The number of rotatable bonds is 2. The molecule has 1 aromatic rings. The monoisotopic (exact) mass is 245 g/mol. The molecular formula is C14H19N3O. The molecule has 4 nitrogen and oxygen atoms in total. The number of carbonyl (C=O) groups excluding carboxylic acids is 1. The molecule has 4 heteroatoms. The highest BCUT2D eigenvalue weighted by Crippen LogP contribution is 2.33. The second-order valence-electron chi connectivity index (χ2n) is 4.97. The molecule has 0 unspecified atom stereocenters. The van der Waals surface area contributed by atoms with Gasteiger partial charge in [0, 0.05) is 18.8 Å². The molecule has 3 rings (SSSR count). The summed E-state index contributed by atoms with van der Waals surface area (Å²) >= 11 is 0. The van der Waals surface area contributed by atoms with Crippen LogP contribution >= 0.6 is 0 Å². The van der Waals surface area contributed by atoms with E-state index >= 15 is 0 Å². The zero-order valence-corrected chi connectivity index (χ0v) is 10.5. The van der Waals surface area contributed by atoms with Gasteiger partial charge in [-0.25, -0.2) is 4.79 Å². The van der Waals surface area contributed by atoms with E-state index in [1.54, 1.807) is 0 Å². The van der Waals surface area contributed by atoms with Crippen molar-refractivity contribution in [3.63, 3.8) is 0 Å². The molecule has 0 spiro atoms. The van der Waals surface area contributed by atoms with Crippen LogP contribution in [-0.2, 0) is 0 Å². The molecule has 2 N–H and O–H groups in total. The number of hydrogen-bond donors (Lipinski definition) is 2. The van der Waals surface area contributed by atoms with Crippen molar-refractivity contribution < 1.29 is 4.79 Å². The Bertz CT molecular complexity index is 440. The van der Waals surface area contributed by atoms with Crippen molar-refractivity contribution in [2.75, 3.05) is 31.1 Å². The molecule has 0 saturated carbocycles. The van der Waals surface area contributed by atoms with Gasteiger partial charge in [0.15, 0.2) is 0 Å². The third-order valence-electron chi connectivity index (χ3n) is 3.86. The highest BCUT2D eigenvalue weighted by Gasteiger charge is 2.26. The number of para-hydroxylation sites is 1. The summed E-state index contributed by atoms with van der Waals surface area (Å²) in [4.78, 5) is 13.7. The lowest BCUT2D eigenvalue weighted by atomic mass is 9.89. The van der Waals surface area contributed by atoms with Gasteiger partial charge in [0.05, 0.1) is 0 Å². The second kappa shape index (κ2) is 4.98. The van der Waals surface area contributed by atoms with Gasteiger partial charge in [0.25, 0.3) is 0 Å². The molecule has 2 aliphatic rings. The Morgan fingerprint density at radius 3 is 2.61 bits per heavy atom. The number of benzene rings is 1. The fraction of sp³-hybridized carbons (Fsp3) is 0.500. The smallest absolute Gasteiger partial charge is 0.322 e. The Morgan fingerprint density at radius 2 is 1.89 bits per heavy atom. The van der Waals surface area contributed by atoms with Gasteiger partial charge < -0.3 is 10.6 Å². The minimum Gasteiger partial charge on any atom is -0.336 e. The van der Waals surface area contributed by atoms with Crippen molar-refractivity contribution in [3.8, 4) is 0 Å². The molecule has 0 aromatic heterocycles. The number of anilines is 1. The highest BCUT2D eigenvalue weighted by atomic mass is 16.2. The second-order valence-corrected chi connectivity index (χ2v) is 4.97. The maximum Gasteiger partial charge on any atom is 0.322 e. The number of urea groups is 1. The summed E-state index contributed by atoms with van der Waals surface area (Å²) in [6.45, 7) is 3.68. The first-order valence-electron chi connectivity index (χ1n) is 6.71. The fourth-order valence-electron chi connectivity index (χ4n) is 2.91. The molecule has 0 aliphatic carbocycles. The van der Waals surface area contributed by atoms with E-state index < -0.39 is 0 Å². The van der Waals surface area contributed by atoms with Crippen LogP contribution in [0, 0.1) is 0 Å². The van der Waals surface area contributed by atoms with Crippen LogP contribution in [-0.4, -0.2) is 32.2 Å². The molecule has 1 aromatic carbocycles. The van der Waals surface area contributed by atoms with Crippen LogP contribution in [0.25, 0.3) is 0 Å². The van der Waals surface area contributed by atoms with E-state index in [-0.39, 0.29) is 6.03 Å². The predicted molar refractivity (Wildman–Crippen MR) is 72.0 cm³/mol. The number of carbonyl (C=O) groups is 1. The van der Waals surface area contributed by atoms with E-state index in [2.05, 4.69) is 28.8 Å². The quantitative estimate of drug-likeness (QED) is 0.832. The van der Waals surface area contributed by atoms with Crippen LogP contribution in [0.4, 0.5) is 10.5 Å². The largest absolute Gasteiger partial charge is 0.336 e. The van der Waals surface area contributed by atoms with Crippen LogP contribution in [0.5, 0.6) is 0 Å². The Morgan fingerprint density at radius 1 is 1.11 bits per heavy atom. The molecule has 2 aliphatic heterocycles. The van der Waals surface area contributed by atoms with Gasteiger partial charge in [-0.15, -0.1) is 0 Å². The van der Waals surface area contributed by atoms with Crippen molar-refractivity contribution in [1.29, 1.82) is 0 Å². The van der Waals surface area contributed by atoms with Crippen LogP contribution < -0.4 is 15.5 Å². The predicted octanol–water partition coefficient (Wildman–Crippen LogP) is 1.68. The lowest BCUT2D eigenvalue weighted by molar-refractivity contribution is 0.252. The number of hydrogen-bond acceptors (Lipinski definition) is 2. The van der Waals surface area contributed by atoms with Gasteiger partial charge in [-0.3, -0.25) is 4.90 Å². The standard InChI is InChI=1S/C14H19N3O/c18-14-16-9-10-17(14)13-4-2-1-3-12(13)11-5-7-15-8-6-11/h1-4,11,15H,5-10H2,(H,16,18). The number of amides is 2. The molecular weight excluding hydrogens is 226 g/mol. The van der Waals surface area contributed by atoms with Crippen LogP contribution in [0.3, 0.4) is 0 Å². The van der Waals surface area contributed by atoms with Crippen LogP contribution in [0.15, 0.2) is 24.3 Å². The van der Waals surface area contributed by atoms with Crippen molar-refractivity contribution >= 4 is 11.7 Å². The Kier molecular flexibility index (Phi) is 3.19. The van der Waals surface area contributed by atoms with E-state index in [0.29, 0.717) is 5.92 Å². The summed E-state index contributed by atoms with van der Waals surface area (Å²) < 4.78 is 0. The van der Waals surface area contributed by atoms with Crippen LogP contribution in [0.1, 0.15) is 24.3 Å². The summed E-state index contributed by atoms with van der Waals surface area (Å²) in [5, 5.41) is 6.26. The summed E-state index contributed by atoms with van der Waals surface area (Å²) in [5.74, 6) is 0.579. The molecule has 18 heavy (non-hydrogen) atoms. The first kappa shape index (κ1) is 11.5. The minimum absolute atomic E-state index is 0.0383. The topological polar surface area (TPSA) is 44.4 Å². The Labute approximate surface area is 107 Å². The van der Waals surface area contributed by atoms with E-state index in [1.807, 2.05) is 11.0 Å². The molecule has 2 amide bonds. The van der Waals surface area contributed by atoms with E-state index in [0.717, 1.165) is 44.7 Å². The maximum atomic E-state index is 11.8. The maximum absolute atomic E-state index is 11.8. The van der Waals surface area contributed by atoms with Gasteiger partial charge in [-0.2, -0.15) is 0 Å². The SMILES string of the molecule is O=C1NCCN1c1ccccc1C1CCNCC1. The molecule has 96 valence electrons. The summed E-state index contributed by atoms with van der Waals surface area (Å²) in [6.07, 6.45) is 2.32. The molecule has 2 saturated heterocycles. The van der Waals surface area contributed by atoms with Crippen molar-refractivity contribution in [2.24, 2.45) is 0 Å². The van der Waals surface area contributed by atoms with E-state index in [1.165, 1.54) is 5.56 Å². The zero-order valence-electron chi connectivity index (χ0n) is 10.5. The molecule has 0 atom stereocenters. The Hall–Kier alpha value is -1.55. The summed E-state index contributed by atoms with van der Waals surface area (Å²) in [5.41, 5.74) is 2.43. The average Bonchev–Trinajstić information content (AvgIpc) is 2.86. The highest BCUT2D eigenvalue weighted by molar-refractivity contribution is 5.94. The van der Waals surface area contributed by atoms with Gasteiger partial charge >= 0.3 is 6.03 Å². The van der Waals surface area contributed by atoms with E-state index in [4.69, 9.17) is 0 Å². The zero-order chi connectivity index (χ0) is 12.4. The van der Waals surface area contributed by atoms with E-state index in [9.17, 15) is 4.79 Å². The van der Waals surface area contributed by atoms with Gasteiger partial charge in [0.1, 0.15) is 0 Å². The average molecular weight is 245 g/mol. The molecule has 0 bridgehead atoms. The van der Waals surface area contributed by atoms with Crippen molar-refractivity contribution in [3.05, 3.63) is 29.8 Å². The lowest BCUT2D eigenvalue weighted by Gasteiger charge is -2.27. The van der Waals surface area contributed by atoms with Crippen molar-refractivity contribution in [2.45, 2.75) is 18.8 Å². The first-order chi connectivity index (χ1) is 8.86.